The second-order valence-corrected chi connectivity index (χ2v) is 6.00. The van der Waals surface area contributed by atoms with Crippen LogP contribution in [0.25, 0.3) is 0 Å². The van der Waals surface area contributed by atoms with E-state index in [1.54, 1.807) is 17.0 Å². The largest absolute Gasteiger partial charge is 0.334 e. The zero-order valence-electron chi connectivity index (χ0n) is 14.2. The van der Waals surface area contributed by atoms with Gasteiger partial charge < -0.3 is 15.1 Å². The number of carbonyl (C=O) groups excluding carboxylic acids is 1. The molecule has 2 rings (SSSR count). The minimum absolute atomic E-state index is 0.120. The molecule has 0 aliphatic carbocycles. The lowest BCUT2D eigenvalue weighted by atomic mass is 10.2. The van der Waals surface area contributed by atoms with Crippen molar-refractivity contribution in [2.45, 2.75) is 13.1 Å². The van der Waals surface area contributed by atoms with E-state index in [4.69, 9.17) is 0 Å². The van der Waals surface area contributed by atoms with Crippen LogP contribution in [0.3, 0.4) is 0 Å². The Kier molecular flexibility index (Phi) is 6.75. The Labute approximate surface area is 142 Å². The molecule has 0 spiro atoms. The van der Waals surface area contributed by atoms with Crippen molar-refractivity contribution >= 4 is 6.03 Å². The molecule has 0 saturated heterocycles. The Morgan fingerprint density at radius 1 is 0.958 bits per heavy atom. The molecule has 0 atom stereocenters. The van der Waals surface area contributed by atoms with Crippen molar-refractivity contribution in [3.05, 3.63) is 71.5 Å². The number of likely N-dealkylation sites (N-methyl/N-ethyl adjacent to an activating group) is 1. The fourth-order valence-corrected chi connectivity index (χ4v) is 2.27. The molecule has 0 fully saturated rings. The topological polar surface area (TPSA) is 35.6 Å². The summed E-state index contributed by atoms with van der Waals surface area (Å²) < 4.78 is 13.0. The minimum atomic E-state index is -0.271. The fraction of sp³-hybridized carbons (Fsp3) is 0.316. The molecule has 0 bridgehead atoms. The third kappa shape index (κ3) is 6.01. The van der Waals surface area contributed by atoms with E-state index in [0.29, 0.717) is 19.6 Å². The molecular formula is C19H24FN3O. The second-order valence-electron chi connectivity index (χ2n) is 6.00. The summed E-state index contributed by atoms with van der Waals surface area (Å²) in [7, 11) is 3.94. The zero-order valence-corrected chi connectivity index (χ0v) is 14.2. The standard InChI is InChI=1S/C19H24FN3O/c1-22(2)12-13-23(15-17-8-10-18(20)11-9-17)19(24)21-14-16-6-4-3-5-7-16/h3-11H,12-15H2,1-2H3,(H,21,24). The average Bonchev–Trinajstić information content (AvgIpc) is 2.59. The van der Waals surface area contributed by atoms with Gasteiger partial charge >= 0.3 is 6.03 Å². The predicted molar refractivity (Wildman–Crippen MR) is 94.0 cm³/mol. The predicted octanol–water partition coefficient (Wildman–Crippen LogP) is 3.10. The number of amides is 2. The first-order chi connectivity index (χ1) is 11.5. The van der Waals surface area contributed by atoms with Gasteiger partial charge in [0.1, 0.15) is 5.82 Å². The lowest BCUT2D eigenvalue weighted by Gasteiger charge is -2.25. The summed E-state index contributed by atoms with van der Waals surface area (Å²) in [5.41, 5.74) is 1.96. The number of nitrogens with one attached hydrogen (secondary N) is 1. The maximum atomic E-state index is 13.0. The minimum Gasteiger partial charge on any atom is -0.334 e. The van der Waals surface area contributed by atoms with Gasteiger partial charge in [0.2, 0.25) is 0 Å². The van der Waals surface area contributed by atoms with E-state index in [0.717, 1.165) is 17.7 Å². The molecule has 2 aromatic rings. The van der Waals surface area contributed by atoms with E-state index in [-0.39, 0.29) is 11.8 Å². The van der Waals surface area contributed by atoms with Crippen molar-refractivity contribution in [3.8, 4) is 0 Å². The van der Waals surface area contributed by atoms with E-state index in [1.807, 2.05) is 49.3 Å². The molecule has 0 aliphatic heterocycles. The highest BCUT2D eigenvalue weighted by Crippen LogP contribution is 2.08. The van der Waals surface area contributed by atoms with Crippen molar-refractivity contribution < 1.29 is 9.18 Å². The number of benzene rings is 2. The SMILES string of the molecule is CN(C)CCN(Cc1ccc(F)cc1)C(=O)NCc1ccccc1. The number of rotatable bonds is 7. The van der Waals surface area contributed by atoms with E-state index in [9.17, 15) is 9.18 Å². The second kappa shape index (κ2) is 9.03. The number of hydrogen-bond donors (Lipinski definition) is 1. The molecular weight excluding hydrogens is 305 g/mol. The van der Waals surface area contributed by atoms with Crippen LogP contribution >= 0.6 is 0 Å². The van der Waals surface area contributed by atoms with Crippen LogP contribution < -0.4 is 5.32 Å². The highest BCUT2D eigenvalue weighted by Gasteiger charge is 2.14. The molecule has 0 aliphatic rings. The molecule has 4 nitrogen and oxygen atoms in total. The maximum absolute atomic E-state index is 13.0. The van der Waals surface area contributed by atoms with Gasteiger partial charge in [0, 0.05) is 26.2 Å². The van der Waals surface area contributed by atoms with Crippen LogP contribution in [-0.2, 0) is 13.1 Å². The van der Waals surface area contributed by atoms with E-state index in [2.05, 4.69) is 5.32 Å². The Balaban J connectivity index is 1.98. The zero-order chi connectivity index (χ0) is 17.4. The number of halogens is 1. The number of urea groups is 1. The lowest BCUT2D eigenvalue weighted by Crippen LogP contribution is -2.42. The Hall–Kier alpha value is -2.40. The normalized spacial score (nSPS) is 10.7. The van der Waals surface area contributed by atoms with E-state index in [1.165, 1.54) is 12.1 Å². The van der Waals surface area contributed by atoms with Crippen LogP contribution in [0.15, 0.2) is 54.6 Å². The molecule has 5 heteroatoms. The number of carbonyl (C=O) groups is 1. The summed E-state index contributed by atoms with van der Waals surface area (Å²) in [6.07, 6.45) is 0. The quantitative estimate of drug-likeness (QED) is 0.847. The molecule has 0 radical (unpaired) electrons. The molecule has 0 unspecified atom stereocenters. The first-order valence-corrected chi connectivity index (χ1v) is 8.00. The van der Waals surface area contributed by atoms with Crippen LogP contribution in [0.1, 0.15) is 11.1 Å². The summed E-state index contributed by atoms with van der Waals surface area (Å²) in [5, 5.41) is 2.95. The van der Waals surface area contributed by atoms with Gasteiger partial charge in [-0.15, -0.1) is 0 Å². The first kappa shape index (κ1) is 17.9. The highest BCUT2D eigenvalue weighted by atomic mass is 19.1. The first-order valence-electron chi connectivity index (χ1n) is 8.00. The summed E-state index contributed by atoms with van der Waals surface area (Å²) in [4.78, 5) is 16.3. The fourth-order valence-electron chi connectivity index (χ4n) is 2.27. The van der Waals surface area contributed by atoms with E-state index >= 15 is 0 Å². The van der Waals surface area contributed by atoms with Crippen molar-refractivity contribution in [1.82, 2.24) is 15.1 Å². The van der Waals surface area contributed by atoms with Crippen LogP contribution in [0.5, 0.6) is 0 Å². The van der Waals surface area contributed by atoms with Crippen LogP contribution in [-0.4, -0.2) is 43.0 Å². The molecule has 0 heterocycles. The third-order valence-electron chi connectivity index (χ3n) is 3.68. The van der Waals surface area contributed by atoms with Gasteiger partial charge in [-0.1, -0.05) is 42.5 Å². The van der Waals surface area contributed by atoms with E-state index < -0.39 is 0 Å². The monoisotopic (exact) mass is 329 g/mol. The van der Waals surface area contributed by atoms with Crippen LogP contribution in [0, 0.1) is 5.82 Å². The summed E-state index contributed by atoms with van der Waals surface area (Å²) >= 11 is 0. The molecule has 0 aromatic heterocycles. The van der Waals surface area contributed by atoms with Crippen molar-refractivity contribution in [2.24, 2.45) is 0 Å². The molecule has 0 saturated carbocycles. The number of nitrogens with zero attached hydrogens (tertiary/aromatic N) is 2. The Bertz CT molecular complexity index is 629. The van der Waals surface area contributed by atoms with Crippen molar-refractivity contribution in [1.29, 1.82) is 0 Å². The average molecular weight is 329 g/mol. The van der Waals surface area contributed by atoms with Gasteiger partial charge in [-0.2, -0.15) is 0 Å². The lowest BCUT2D eigenvalue weighted by molar-refractivity contribution is 0.188. The Morgan fingerprint density at radius 3 is 2.25 bits per heavy atom. The van der Waals surface area contributed by atoms with Gasteiger partial charge in [-0.05, 0) is 37.4 Å². The summed E-state index contributed by atoms with van der Waals surface area (Å²) in [6.45, 7) is 2.31. The van der Waals surface area contributed by atoms with Crippen molar-refractivity contribution in [3.63, 3.8) is 0 Å². The van der Waals surface area contributed by atoms with Gasteiger partial charge in [-0.3, -0.25) is 0 Å². The summed E-state index contributed by atoms with van der Waals surface area (Å²) in [5.74, 6) is -0.271. The third-order valence-corrected chi connectivity index (χ3v) is 3.68. The van der Waals surface area contributed by atoms with Gasteiger partial charge in [-0.25, -0.2) is 9.18 Å². The molecule has 2 aromatic carbocycles. The smallest absolute Gasteiger partial charge is 0.318 e. The van der Waals surface area contributed by atoms with Gasteiger partial charge in [0.05, 0.1) is 0 Å². The summed E-state index contributed by atoms with van der Waals surface area (Å²) in [6, 6.07) is 15.9. The van der Waals surface area contributed by atoms with Crippen LogP contribution in [0.2, 0.25) is 0 Å². The maximum Gasteiger partial charge on any atom is 0.318 e. The molecule has 24 heavy (non-hydrogen) atoms. The number of hydrogen-bond acceptors (Lipinski definition) is 2. The molecule has 2 amide bonds. The van der Waals surface area contributed by atoms with Crippen molar-refractivity contribution in [2.75, 3.05) is 27.2 Å². The highest BCUT2D eigenvalue weighted by molar-refractivity contribution is 5.74. The molecule has 128 valence electrons. The Morgan fingerprint density at radius 2 is 1.62 bits per heavy atom. The van der Waals surface area contributed by atoms with Gasteiger partial charge in [0.25, 0.3) is 0 Å². The van der Waals surface area contributed by atoms with Crippen LogP contribution in [0.4, 0.5) is 9.18 Å². The molecule has 1 N–H and O–H groups in total. The van der Waals surface area contributed by atoms with Gasteiger partial charge in [0.15, 0.2) is 0 Å².